The number of hydrogen-bond acceptors (Lipinski definition) is 1. The first-order chi connectivity index (χ1) is 7.62. The van der Waals surface area contributed by atoms with Crippen molar-refractivity contribution in [2.75, 3.05) is 6.54 Å². The van der Waals surface area contributed by atoms with E-state index in [2.05, 4.69) is 26.1 Å². The topological polar surface area (TPSA) is 12.0 Å². The van der Waals surface area contributed by atoms with E-state index < -0.39 is 0 Å². The van der Waals surface area contributed by atoms with Crippen LogP contribution < -0.4 is 5.32 Å². The third kappa shape index (κ3) is 2.61. The van der Waals surface area contributed by atoms with Gasteiger partial charge in [-0.1, -0.05) is 33.6 Å². The molecule has 16 heavy (non-hydrogen) atoms. The average molecular weight is 223 g/mol. The zero-order valence-corrected chi connectivity index (χ0v) is 11.4. The SMILES string of the molecule is CC(C)CC1(C2CCCC(C)C2)CCCN1. The van der Waals surface area contributed by atoms with Gasteiger partial charge in [0.15, 0.2) is 0 Å². The largest absolute Gasteiger partial charge is 0.311 e. The number of hydrogen-bond donors (Lipinski definition) is 1. The van der Waals surface area contributed by atoms with Gasteiger partial charge in [-0.15, -0.1) is 0 Å². The third-order valence-corrected chi connectivity index (χ3v) is 4.77. The first-order valence-corrected chi connectivity index (χ1v) is 7.37. The van der Waals surface area contributed by atoms with Crippen molar-refractivity contribution in [1.82, 2.24) is 5.32 Å². The fourth-order valence-electron chi connectivity index (χ4n) is 4.18. The molecule has 0 aromatic heterocycles. The lowest BCUT2D eigenvalue weighted by Crippen LogP contribution is -2.49. The van der Waals surface area contributed by atoms with E-state index in [1.165, 1.54) is 51.5 Å². The van der Waals surface area contributed by atoms with E-state index in [1.54, 1.807) is 0 Å². The molecule has 2 rings (SSSR count). The molecule has 1 heterocycles. The highest BCUT2D eigenvalue weighted by molar-refractivity contribution is 5.00. The van der Waals surface area contributed by atoms with Crippen LogP contribution in [0, 0.1) is 17.8 Å². The summed E-state index contributed by atoms with van der Waals surface area (Å²) in [4.78, 5) is 0. The molecule has 0 bridgehead atoms. The first kappa shape index (κ1) is 12.4. The molecule has 1 nitrogen and oxygen atoms in total. The summed E-state index contributed by atoms with van der Waals surface area (Å²) in [5.74, 6) is 2.76. The summed E-state index contributed by atoms with van der Waals surface area (Å²) in [5.41, 5.74) is 0.517. The van der Waals surface area contributed by atoms with Crippen molar-refractivity contribution in [3.63, 3.8) is 0 Å². The second kappa shape index (κ2) is 5.08. The molecule has 2 fully saturated rings. The fourth-order valence-corrected chi connectivity index (χ4v) is 4.18. The van der Waals surface area contributed by atoms with E-state index in [0.29, 0.717) is 5.54 Å². The van der Waals surface area contributed by atoms with Crippen molar-refractivity contribution >= 4 is 0 Å². The van der Waals surface area contributed by atoms with Crippen LogP contribution in [0.15, 0.2) is 0 Å². The summed E-state index contributed by atoms with van der Waals surface area (Å²) in [5, 5.41) is 3.89. The van der Waals surface area contributed by atoms with Crippen molar-refractivity contribution in [2.24, 2.45) is 17.8 Å². The van der Waals surface area contributed by atoms with Crippen LogP contribution in [0.25, 0.3) is 0 Å². The number of nitrogens with one attached hydrogen (secondary N) is 1. The molecule has 94 valence electrons. The standard InChI is InChI=1S/C15H29N/c1-12(2)11-15(8-5-9-16-15)14-7-4-6-13(3)10-14/h12-14,16H,4-11H2,1-3H3. The molecular weight excluding hydrogens is 194 g/mol. The van der Waals surface area contributed by atoms with Gasteiger partial charge < -0.3 is 5.32 Å². The van der Waals surface area contributed by atoms with Gasteiger partial charge in [-0.05, 0) is 56.4 Å². The van der Waals surface area contributed by atoms with E-state index in [4.69, 9.17) is 0 Å². The molecule has 3 unspecified atom stereocenters. The molecule has 1 N–H and O–H groups in total. The Hall–Kier alpha value is -0.0400. The van der Waals surface area contributed by atoms with E-state index >= 15 is 0 Å². The van der Waals surface area contributed by atoms with Gasteiger partial charge in [-0.2, -0.15) is 0 Å². The molecule has 0 amide bonds. The van der Waals surface area contributed by atoms with E-state index in [-0.39, 0.29) is 0 Å². The van der Waals surface area contributed by atoms with Crippen molar-refractivity contribution in [3.05, 3.63) is 0 Å². The Morgan fingerprint density at radius 2 is 2.06 bits per heavy atom. The van der Waals surface area contributed by atoms with Crippen LogP contribution in [0.3, 0.4) is 0 Å². The lowest BCUT2D eigenvalue weighted by Gasteiger charge is -2.43. The predicted molar refractivity (Wildman–Crippen MR) is 70.5 cm³/mol. The molecule has 2 aliphatic rings. The smallest absolute Gasteiger partial charge is 0.0212 e. The highest BCUT2D eigenvalue weighted by atomic mass is 15.0. The molecule has 1 aliphatic heterocycles. The van der Waals surface area contributed by atoms with Crippen LogP contribution in [0.5, 0.6) is 0 Å². The molecular formula is C15H29N. The third-order valence-electron chi connectivity index (χ3n) is 4.77. The molecule has 3 atom stereocenters. The molecule has 1 heteroatoms. The molecule has 0 aromatic carbocycles. The minimum Gasteiger partial charge on any atom is -0.311 e. The van der Waals surface area contributed by atoms with Gasteiger partial charge in [0.05, 0.1) is 0 Å². The zero-order valence-electron chi connectivity index (χ0n) is 11.4. The second-order valence-electron chi connectivity index (χ2n) is 6.75. The summed E-state index contributed by atoms with van der Waals surface area (Å²) in [6.45, 7) is 8.48. The highest BCUT2D eigenvalue weighted by Gasteiger charge is 2.42. The maximum Gasteiger partial charge on any atom is 0.0212 e. The lowest BCUT2D eigenvalue weighted by molar-refractivity contribution is 0.129. The molecule has 0 radical (unpaired) electrons. The Labute approximate surface area is 101 Å². The van der Waals surface area contributed by atoms with Crippen LogP contribution in [0.1, 0.15) is 65.7 Å². The maximum atomic E-state index is 3.89. The van der Waals surface area contributed by atoms with Gasteiger partial charge in [0.1, 0.15) is 0 Å². The van der Waals surface area contributed by atoms with Gasteiger partial charge in [0, 0.05) is 5.54 Å². The molecule has 1 saturated carbocycles. The van der Waals surface area contributed by atoms with Crippen LogP contribution in [-0.4, -0.2) is 12.1 Å². The van der Waals surface area contributed by atoms with Crippen LogP contribution in [0.4, 0.5) is 0 Å². The Morgan fingerprint density at radius 1 is 1.25 bits per heavy atom. The first-order valence-electron chi connectivity index (χ1n) is 7.37. The van der Waals surface area contributed by atoms with Gasteiger partial charge in [-0.25, -0.2) is 0 Å². The van der Waals surface area contributed by atoms with E-state index in [9.17, 15) is 0 Å². The van der Waals surface area contributed by atoms with Gasteiger partial charge >= 0.3 is 0 Å². The highest BCUT2D eigenvalue weighted by Crippen LogP contribution is 2.43. The summed E-state index contributed by atoms with van der Waals surface area (Å²) in [6.07, 6.45) is 10.1. The normalized spacial score (nSPS) is 40.5. The minimum atomic E-state index is 0.517. The summed E-state index contributed by atoms with van der Waals surface area (Å²) < 4.78 is 0. The second-order valence-corrected chi connectivity index (χ2v) is 6.75. The van der Waals surface area contributed by atoms with Crippen LogP contribution >= 0.6 is 0 Å². The molecule has 0 spiro atoms. The Bertz CT molecular complexity index is 215. The van der Waals surface area contributed by atoms with Crippen LogP contribution in [0.2, 0.25) is 0 Å². The van der Waals surface area contributed by atoms with Crippen molar-refractivity contribution in [2.45, 2.75) is 71.3 Å². The van der Waals surface area contributed by atoms with Gasteiger partial charge in [-0.3, -0.25) is 0 Å². The summed E-state index contributed by atoms with van der Waals surface area (Å²) in [6, 6.07) is 0. The Balaban J connectivity index is 2.05. The van der Waals surface area contributed by atoms with E-state index in [1.807, 2.05) is 0 Å². The summed E-state index contributed by atoms with van der Waals surface area (Å²) in [7, 11) is 0. The lowest BCUT2D eigenvalue weighted by atomic mass is 9.68. The fraction of sp³-hybridized carbons (Fsp3) is 1.00. The number of rotatable bonds is 3. The Kier molecular flexibility index (Phi) is 3.94. The van der Waals surface area contributed by atoms with E-state index in [0.717, 1.165) is 17.8 Å². The average Bonchev–Trinajstić information content (AvgIpc) is 2.66. The van der Waals surface area contributed by atoms with Crippen molar-refractivity contribution < 1.29 is 0 Å². The summed E-state index contributed by atoms with van der Waals surface area (Å²) >= 11 is 0. The molecule has 0 aromatic rings. The minimum absolute atomic E-state index is 0.517. The predicted octanol–water partition coefficient (Wildman–Crippen LogP) is 3.98. The Morgan fingerprint density at radius 3 is 2.62 bits per heavy atom. The molecule has 1 saturated heterocycles. The van der Waals surface area contributed by atoms with Crippen molar-refractivity contribution in [3.8, 4) is 0 Å². The van der Waals surface area contributed by atoms with Gasteiger partial charge in [0.2, 0.25) is 0 Å². The maximum absolute atomic E-state index is 3.89. The van der Waals surface area contributed by atoms with Gasteiger partial charge in [0.25, 0.3) is 0 Å². The van der Waals surface area contributed by atoms with Crippen molar-refractivity contribution in [1.29, 1.82) is 0 Å². The quantitative estimate of drug-likeness (QED) is 0.763. The van der Waals surface area contributed by atoms with Crippen LogP contribution in [-0.2, 0) is 0 Å². The monoisotopic (exact) mass is 223 g/mol. The zero-order chi connectivity index (χ0) is 11.6. The molecule has 1 aliphatic carbocycles.